The molecule has 110 valence electrons. The van der Waals surface area contributed by atoms with Gasteiger partial charge in [-0.15, -0.1) is 0 Å². The van der Waals surface area contributed by atoms with Crippen molar-refractivity contribution in [3.05, 3.63) is 0 Å². The van der Waals surface area contributed by atoms with Gasteiger partial charge in [0.25, 0.3) is 0 Å². The second-order valence-corrected chi connectivity index (χ2v) is 8.67. The Morgan fingerprint density at radius 3 is 2.21 bits per heavy atom. The largest absolute Gasteiger partial charge is 0.314 e. The van der Waals surface area contributed by atoms with Crippen LogP contribution in [0.25, 0.3) is 0 Å². The number of hydrogen-bond donors (Lipinski definition) is 1. The van der Waals surface area contributed by atoms with E-state index in [-0.39, 0.29) is 0 Å². The summed E-state index contributed by atoms with van der Waals surface area (Å²) in [5.74, 6) is 4.08. The van der Waals surface area contributed by atoms with Crippen LogP contribution in [0.15, 0.2) is 0 Å². The monoisotopic (exact) mass is 263 g/mol. The Balaban J connectivity index is 1.59. The lowest BCUT2D eigenvalue weighted by Crippen LogP contribution is -2.41. The summed E-state index contributed by atoms with van der Waals surface area (Å²) in [5.41, 5.74) is 0.525. The van der Waals surface area contributed by atoms with Gasteiger partial charge in [0, 0.05) is 6.04 Å². The molecule has 3 unspecified atom stereocenters. The van der Waals surface area contributed by atoms with E-state index in [0.717, 1.165) is 29.7 Å². The van der Waals surface area contributed by atoms with Gasteiger partial charge in [0.1, 0.15) is 0 Å². The van der Waals surface area contributed by atoms with Crippen LogP contribution in [0.1, 0.15) is 72.1 Å². The number of nitrogens with one attached hydrogen (secondary N) is 1. The zero-order valence-corrected chi connectivity index (χ0v) is 13.3. The smallest absolute Gasteiger partial charge is 0.00683 e. The number of rotatable bonds is 4. The van der Waals surface area contributed by atoms with Crippen molar-refractivity contribution >= 4 is 0 Å². The minimum absolute atomic E-state index is 0.525. The maximum atomic E-state index is 3.81. The third kappa shape index (κ3) is 3.35. The van der Waals surface area contributed by atoms with E-state index in [1.165, 1.54) is 57.9 Å². The van der Waals surface area contributed by atoms with E-state index in [9.17, 15) is 0 Å². The van der Waals surface area contributed by atoms with Gasteiger partial charge >= 0.3 is 0 Å². The fraction of sp³-hybridized carbons (Fsp3) is 1.00. The van der Waals surface area contributed by atoms with E-state index in [4.69, 9.17) is 0 Å². The third-order valence-electron chi connectivity index (χ3n) is 6.27. The van der Waals surface area contributed by atoms with Crippen molar-refractivity contribution in [1.29, 1.82) is 0 Å². The lowest BCUT2D eigenvalue weighted by Gasteiger charge is -2.47. The molecule has 0 aliphatic heterocycles. The first-order valence-corrected chi connectivity index (χ1v) is 8.77. The molecule has 3 atom stereocenters. The van der Waals surface area contributed by atoms with Crippen molar-refractivity contribution in [3.8, 4) is 0 Å². The predicted molar refractivity (Wildman–Crippen MR) is 82.1 cm³/mol. The molecule has 0 bridgehead atoms. The SMILES string of the molecule is CC(C)(C)C1CCC(CNC2CC2)C(C2CCC2)C1. The van der Waals surface area contributed by atoms with Gasteiger partial charge in [0.05, 0.1) is 0 Å². The summed E-state index contributed by atoms with van der Waals surface area (Å²) in [5, 5.41) is 3.81. The van der Waals surface area contributed by atoms with Gasteiger partial charge in [0.15, 0.2) is 0 Å². The van der Waals surface area contributed by atoms with E-state index in [1.807, 2.05) is 0 Å². The Labute approximate surface area is 119 Å². The Morgan fingerprint density at radius 2 is 1.68 bits per heavy atom. The minimum atomic E-state index is 0.525. The second kappa shape index (κ2) is 5.39. The highest BCUT2D eigenvalue weighted by Crippen LogP contribution is 2.49. The zero-order valence-electron chi connectivity index (χ0n) is 13.3. The molecular formula is C18H33N. The molecule has 3 aliphatic rings. The Morgan fingerprint density at radius 1 is 0.947 bits per heavy atom. The molecule has 0 amide bonds. The van der Waals surface area contributed by atoms with Crippen molar-refractivity contribution in [2.45, 2.75) is 78.2 Å². The van der Waals surface area contributed by atoms with E-state index >= 15 is 0 Å². The molecule has 1 nitrogen and oxygen atoms in total. The van der Waals surface area contributed by atoms with Crippen molar-refractivity contribution in [2.24, 2.45) is 29.1 Å². The molecule has 3 saturated carbocycles. The first-order chi connectivity index (χ1) is 9.04. The van der Waals surface area contributed by atoms with Gasteiger partial charge in [0.2, 0.25) is 0 Å². The fourth-order valence-electron chi connectivity index (χ4n) is 4.36. The molecule has 1 heteroatoms. The number of hydrogen-bond acceptors (Lipinski definition) is 1. The molecule has 3 rings (SSSR count). The van der Waals surface area contributed by atoms with Crippen molar-refractivity contribution in [1.82, 2.24) is 5.32 Å². The Bertz CT molecular complexity index is 295. The molecule has 3 fully saturated rings. The van der Waals surface area contributed by atoms with E-state index in [0.29, 0.717) is 5.41 Å². The summed E-state index contributed by atoms with van der Waals surface area (Å²) >= 11 is 0. The molecule has 0 aromatic carbocycles. The van der Waals surface area contributed by atoms with Crippen LogP contribution in [0.5, 0.6) is 0 Å². The van der Waals surface area contributed by atoms with Crippen molar-refractivity contribution in [3.63, 3.8) is 0 Å². The van der Waals surface area contributed by atoms with Crippen LogP contribution in [0, 0.1) is 29.1 Å². The van der Waals surface area contributed by atoms with Gasteiger partial charge in [-0.25, -0.2) is 0 Å². The Hall–Kier alpha value is -0.0400. The molecule has 1 N–H and O–H groups in total. The summed E-state index contributed by atoms with van der Waals surface area (Å²) < 4.78 is 0. The van der Waals surface area contributed by atoms with Crippen LogP contribution in [0.4, 0.5) is 0 Å². The minimum Gasteiger partial charge on any atom is -0.314 e. The van der Waals surface area contributed by atoms with Gasteiger partial charge in [-0.1, -0.05) is 40.0 Å². The van der Waals surface area contributed by atoms with E-state index in [2.05, 4.69) is 26.1 Å². The fourth-order valence-corrected chi connectivity index (χ4v) is 4.36. The van der Waals surface area contributed by atoms with Gasteiger partial charge in [-0.2, -0.15) is 0 Å². The molecule has 0 aromatic heterocycles. The molecule has 0 saturated heterocycles. The molecule has 0 aromatic rings. The van der Waals surface area contributed by atoms with Crippen molar-refractivity contribution in [2.75, 3.05) is 6.54 Å². The summed E-state index contributed by atoms with van der Waals surface area (Å²) in [6, 6.07) is 0.891. The van der Waals surface area contributed by atoms with Crippen LogP contribution in [0.3, 0.4) is 0 Å². The maximum absolute atomic E-state index is 3.81. The standard InChI is InChI=1S/C18H33N/c1-18(2,3)15-8-7-14(12-19-16-9-10-16)17(11-15)13-5-4-6-13/h13-17,19H,4-12H2,1-3H3. The third-order valence-corrected chi connectivity index (χ3v) is 6.27. The van der Waals surface area contributed by atoms with Crippen LogP contribution in [-0.4, -0.2) is 12.6 Å². The average molecular weight is 263 g/mol. The molecule has 0 spiro atoms. The molecule has 0 heterocycles. The van der Waals surface area contributed by atoms with Crippen LogP contribution < -0.4 is 5.32 Å². The summed E-state index contributed by atoms with van der Waals surface area (Å²) in [6.45, 7) is 8.69. The molecule has 0 radical (unpaired) electrons. The van der Waals surface area contributed by atoms with Gasteiger partial charge in [-0.05, 0) is 67.7 Å². The van der Waals surface area contributed by atoms with Crippen molar-refractivity contribution < 1.29 is 0 Å². The average Bonchev–Trinajstić information content (AvgIpc) is 3.07. The zero-order chi connectivity index (χ0) is 13.5. The van der Waals surface area contributed by atoms with E-state index < -0.39 is 0 Å². The lowest BCUT2D eigenvalue weighted by molar-refractivity contribution is 0.0362. The first kappa shape index (κ1) is 13.9. The predicted octanol–water partition coefficient (Wildman–Crippen LogP) is 4.62. The maximum Gasteiger partial charge on any atom is 0.00683 e. The Kier molecular flexibility index (Phi) is 3.95. The van der Waals surface area contributed by atoms with Crippen LogP contribution in [-0.2, 0) is 0 Å². The lowest BCUT2D eigenvalue weighted by atomic mass is 9.59. The topological polar surface area (TPSA) is 12.0 Å². The highest BCUT2D eigenvalue weighted by molar-refractivity contribution is 4.93. The van der Waals surface area contributed by atoms with Crippen LogP contribution in [0.2, 0.25) is 0 Å². The summed E-state index contributed by atoms with van der Waals surface area (Å²) in [4.78, 5) is 0. The molecule has 19 heavy (non-hydrogen) atoms. The highest BCUT2D eigenvalue weighted by Gasteiger charge is 2.41. The highest BCUT2D eigenvalue weighted by atomic mass is 14.9. The van der Waals surface area contributed by atoms with E-state index in [1.54, 1.807) is 0 Å². The van der Waals surface area contributed by atoms with Gasteiger partial charge < -0.3 is 5.32 Å². The molecular weight excluding hydrogens is 230 g/mol. The first-order valence-electron chi connectivity index (χ1n) is 8.77. The quantitative estimate of drug-likeness (QED) is 0.780. The van der Waals surface area contributed by atoms with Gasteiger partial charge in [-0.3, -0.25) is 0 Å². The normalized spacial score (nSPS) is 37.1. The summed E-state index contributed by atoms with van der Waals surface area (Å²) in [7, 11) is 0. The second-order valence-electron chi connectivity index (χ2n) is 8.67. The molecule has 3 aliphatic carbocycles. The summed E-state index contributed by atoms with van der Waals surface area (Å²) in [6.07, 6.45) is 11.9. The van der Waals surface area contributed by atoms with Crippen LogP contribution >= 0.6 is 0 Å².